The van der Waals surface area contributed by atoms with Gasteiger partial charge in [0, 0.05) is 16.7 Å². The van der Waals surface area contributed by atoms with E-state index in [-0.39, 0.29) is 34.6 Å². The van der Waals surface area contributed by atoms with E-state index in [1.807, 2.05) is 13.8 Å². The average molecular weight is 421 g/mol. The van der Waals surface area contributed by atoms with Crippen LogP contribution in [0, 0.1) is 5.92 Å². The van der Waals surface area contributed by atoms with Gasteiger partial charge in [0.1, 0.15) is 0 Å². The molecule has 0 spiro atoms. The summed E-state index contributed by atoms with van der Waals surface area (Å²) in [6.45, 7) is 3.91. The van der Waals surface area contributed by atoms with Crippen LogP contribution in [0.2, 0.25) is 10.0 Å². The van der Waals surface area contributed by atoms with Crippen molar-refractivity contribution in [1.82, 2.24) is 0 Å². The molecular weight excluding hydrogens is 403 g/mol. The summed E-state index contributed by atoms with van der Waals surface area (Å²) in [6.07, 6.45) is 0.347. The second-order valence-corrected chi connectivity index (χ2v) is 10.9. The summed E-state index contributed by atoms with van der Waals surface area (Å²) >= 11 is 13.6. The molecule has 2 saturated heterocycles. The van der Waals surface area contributed by atoms with E-state index in [2.05, 4.69) is 4.99 Å². The molecule has 3 rings (SSSR count). The lowest BCUT2D eigenvalue weighted by Gasteiger charge is -2.25. The number of hydrogen-bond donors (Lipinski definition) is 0. The topological polar surface area (TPSA) is 66.8 Å². The highest BCUT2D eigenvalue weighted by atomic mass is 35.5. The van der Waals surface area contributed by atoms with E-state index >= 15 is 0 Å². The molecule has 0 radical (unpaired) electrons. The highest BCUT2D eigenvalue weighted by molar-refractivity contribution is 8.16. The Bertz CT molecular complexity index is 840. The molecule has 136 valence electrons. The number of nitrogens with zero attached hydrogens (tertiary/aromatic N) is 2. The third-order valence-corrected chi connectivity index (χ3v) is 7.79. The van der Waals surface area contributed by atoms with Crippen LogP contribution in [0.5, 0.6) is 0 Å². The maximum Gasteiger partial charge on any atom is 0.248 e. The molecule has 2 atom stereocenters. The van der Waals surface area contributed by atoms with E-state index < -0.39 is 9.84 Å². The smallest absolute Gasteiger partial charge is 0.248 e. The first-order chi connectivity index (χ1) is 11.7. The molecule has 9 heteroatoms. The first-order valence-electron chi connectivity index (χ1n) is 7.89. The summed E-state index contributed by atoms with van der Waals surface area (Å²) < 4.78 is 24.1. The SMILES string of the molecule is CC(C)CC(=O)N=C1S[C@@H]2CS(=O)(=O)C[C@@H]2N1c1ccc(Cl)cc1Cl. The zero-order chi connectivity index (χ0) is 18.4. The van der Waals surface area contributed by atoms with Crippen LogP contribution in [0.1, 0.15) is 20.3 Å². The maximum absolute atomic E-state index is 12.2. The van der Waals surface area contributed by atoms with Crippen LogP contribution in [0.3, 0.4) is 0 Å². The Morgan fingerprint density at radius 2 is 2.08 bits per heavy atom. The molecule has 0 bridgehead atoms. The summed E-state index contributed by atoms with van der Waals surface area (Å²) in [5.41, 5.74) is 0.624. The molecule has 2 fully saturated rings. The molecule has 2 heterocycles. The number of rotatable bonds is 3. The monoisotopic (exact) mass is 420 g/mol. The van der Waals surface area contributed by atoms with Gasteiger partial charge in [0.05, 0.1) is 28.3 Å². The molecule has 0 saturated carbocycles. The molecule has 1 aromatic carbocycles. The van der Waals surface area contributed by atoms with Crippen molar-refractivity contribution in [2.75, 3.05) is 16.4 Å². The van der Waals surface area contributed by atoms with Crippen LogP contribution in [-0.2, 0) is 14.6 Å². The first-order valence-corrected chi connectivity index (χ1v) is 11.3. The molecule has 0 aliphatic carbocycles. The normalized spacial score (nSPS) is 26.4. The van der Waals surface area contributed by atoms with E-state index in [1.165, 1.54) is 11.8 Å². The van der Waals surface area contributed by atoms with Gasteiger partial charge in [0.25, 0.3) is 0 Å². The van der Waals surface area contributed by atoms with Gasteiger partial charge < -0.3 is 4.90 Å². The van der Waals surface area contributed by atoms with Gasteiger partial charge in [-0.2, -0.15) is 4.99 Å². The number of thioether (sulfide) groups is 1. The average Bonchev–Trinajstić information content (AvgIpc) is 2.90. The van der Waals surface area contributed by atoms with E-state index in [1.54, 1.807) is 23.1 Å². The van der Waals surface area contributed by atoms with Gasteiger partial charge in [-0.3, -0.25) is 4.79 Å². The lowest BCUT2D eigenvalue weighted by atomic mass is 10.1. The van der Waals surface area contributed by atoms with Crippen molar-refractivity contribution in [3.63, 3.8) is 0 Å². The number of halogens is 2. The predicted octanol–water partition coefficient (Wildman–Crippen LogP) is 3.64. The van der Waals surface area contributed by atoms with Crippen molar-refractivity contribution in [2.24, 2.45) is 10.9 Å². The van der Waals surface area contributed by atoms with E-state index in [4.69, 9.17) is 23.2 Å². The number of anilines is 1. The molecule has 1 aromatic rings. The summed E-state index contributed by atoms with van der Waals surface area (Å²) in [6, 6.07) is 4.76. The van der Waals surface area contributed by atoms with Gasteiger partial charge in [-0.25, -0.2) is 8.42 Å². The fourth-order valence-electron chi connectivity index (χ4n) is 3.02. The Labute approximate surface area is 161 Å². The van der Waals surface area contributed by atoms with E-state index in [0.717, 1.165) is 0 Å². The minimum absolute atomic E-state index is 0.0288. The summed E-state index contributed by atoms with van der Waals surface area (Å²) in [5, 5.41) is 1.26. The van der Waals surface area contributed by atoms with Crippen molar-refractivity contribution in [1.29, 1.82) is 0 Å². The molecule has 2 aliphatic heterocycles. The lowest BCUT2D eigenvalue weighted by molar-refractivity contribution is -0.118. The number of hydrogen-bond acceptors (Lipinski definition) is 4. The number of sulfone groups is 1. The van der Waals surface area contributed by atoms with Crippen LogP contribution >= 0.6 is 35.0 Å². The highest BCUT2D eigenvalue weighted by Crippen LogP contribution is 2.43. The summed E-state index contributed by atoms with van der Waals surface area (Å²) in [7, 11) is -3.11. The molecule has 25 heavy (non-hydrogen) atoms. The minimum atomic E-state index is -3.11. The number of carbonyl (C=O) groups is 1. The Morgan fingerprint density at radius 1 is 1.36 bits per heavy atom. The molecule has 0 unspecified atom stereocenters. The third-order valence-electron chi connectivity index (χ3n) is 4.04. The molecular formula is C16H18Cl2N2O3S2. The molecule has 0 N–H and O–H groups in total. The standard InChI is InChI=1S/C16H18Cl2N2O3S2/c1-9(2)5-15(21)19-16-20(12-4-3-10(17)6-11(12)18)13-7-25(22,23)8-14(13)24-16/h3-4,6,9,13-14H,5,7-8H2,1-2H3/t13-,14+/m0/s1. The zero-order valence-corrected chi connectivity index (χ0v) is 16.9. The molecule has 5 nitrogen and oxygen atoms in total. The van der Waals surface area contributed by atoms with Crippen molar-refractivity contribution in [3.05, 3.63) is 28.2 Å². The largest absolute Gasteiger partial charge is 0.314 e. The second kappa shape index (κ2) is 7.10. The van der Waals surface area contributed by atoms with Gasteiger partial charge in [-0.1, -0.05) is 48.8 Å². The van der Waals surface area contributed by atoms with Crippen molar-refractivity contribution in [3.8, 4) is 0 Å². The maximum atomic E-state index is 12.2. The van der Waals surface area contributed by atoms with Crippen LogP contribution in [0.4, 0.5) is 5.69 Å². The summed E-state index contributed by atoms with van der Waals surface area (Å²) in [5.74, 6) is 0.105. The fourth-order valence-corrected chi connectivity index (χ4v) is 7.45. The Kier molecular flexibility index (Phi) is 5.40. The van der Waals surface area contributed by atoms with Crippen LogP contribution in [0.25, 0.3) is 0 Å². The van der Waals surface area contributed by atoms with Gasteiger partial charge in [0.2, 0.25) is 5.91 Å². The van der Waals surface area contributed by atoms with Crippen molar-refractivity contribution >= 4 is 61.6 Å². The Hall–Kier alpha value is -0.760. The predicted molar refractivity (Wildman–Crippen MR) is 105 cm³/mol. The van der Waals surface area contributed by atoms with Gasteiger partial charge in [0.15, 0.2) is 15.0 Å². The molecule has 1 amide bonds. The number of aliphatic imine (C=N–C) groups is 1. The third kappa shape index (κ3) is 4.15. The van der Waals surface area contributed by atoms with Crippen LogP contribution < -0.4 is 4.90 Å². The molecule has 0 aromatic heterocycles. The van der Waals surface area contributed by atoms with Crippen molar-refractivity contribution in [2.45, 2.75) is 31.6 Å². The van der Waals surface area contributed by atoms with Gasteiger partial charge in [-0.05, 0) is 24.1 Å². The fraction of sp³-hybridized carbons (Fsp3) is 0.500. The quantitative estimate of drug-likeness (QED) is 0.746. The number of carbonyl (C=O) groups excluding carboxylic acids is 1. The van der Waals surface area contributed by atoms with Gasteiger partial charge >= 0.3 is 0 Å². The number of fused-ring (bicyclic) bond motifs is 1. The van der Waals surface area contributed by atoms with Gasteiger partial charge in [-0.15, -0.1) is 0 Å². The Balaban J connectivity index is 2.01. The number of amidine groups is 1. The zero-order valence-electron chi connectivity index (χ0n) is 13.8. The lowest BCUT2D eigenvalue weighted by Crippen LogP contribution is -2.38. The van der Waals surface area contributed by atoms with E-state index in [9.17, 15) is 13.2 Å². The summed E-state index contributed by atoms with van der Waals surface area (Å²) in [4.78, 5) is 18.2. The van der Waals surface area contributed by atoms with E-state index in [0.29, 0.717) is 27.3 Å². The molecule has 2 aliphatic rings. The van der Waals surface area contributed by atoms with Crippen molar-refractivity contribution < 1.29 is 13.2 Å². The second-order valence-electron chi connectivity index (χ2n) is 6.65. The van der Waals surface area contributed by atoms with Crippen LogP contribution in [0.15, 0.2) is 23.2 Å². The Morgan fingerprint density at radius 3 is 2.72 bits per heavy atom. The first kappa shape index (κ1) is 19.0. The van der Waals surface area contributed by atoms with Crippen LogP contribution in [-0.4, -0.2) is 42.3 Å². The number of benzene rings is 1. The highest BCUT2D eigenvalue weighted by Gasteiger charge is 2.49. The number of amides is 1. The minimum Gasteiger partial charge on any atom is -0.314 e.